The Morgan fingerprint density at radius 1 is 1.12 bits per heavy atom. The minimum Gasteiger partial charge on any atom is -0.326 e. The summed E-state index contributed by atoms with van der Waals surface area (Å²) in [5.41, 5.74) is 2.62. The highest BCUT2D eigenvalue weighted by molar-refractivity contribution is 7.12. The number of thiophene rings is 1. The fourth-order valence-corrected chi connectivity index (χ4v) is 3.55. The van der Waals surface area contributed by atoms with E-state index in [1.165, 1.54) is 0 Å². The summed E-state index contributed by atoms with van der Waals surface area (Å²) in [4.78, 5) is 28.7. The van der Waals surface area contributed by atoms with E-state index >= 15 is 0 Å². The minimum absolute atomic E-state index is 0.0357. The van der Waals surface area contributed by atoms with Gasteiger partial charge in [0.2, 0.25) is 5.91 Å². The van der Waals surface area contributed by atoms with E-state index in [9.17, 15) is 9.59 Å². The predicted molar refractivity (Wildman–Crippen MR) is 99.8 cm³/mol. The van der Waals surface area contributed by atoms with Gasteiger partial charge in [-0.15, -0.1) is 11.3 Å². The molecule has 0 aliphatic carbocycles. The zero-order valence-corrected chi connectivity index (χ0v) is 15.5. The third kappa shape index (κ3) is 5.01. The second kappa shape index (κ2) is 8.22. The lowest BCUT2D eigenvalue weighted by atomic mass is 10.1. The SMILES string of the molecule is Cc1cc(C(=O)CCC(=O)Nc2ccccc2CN(C)C)c(C)s1. The monoisotopic (exact) mass is 344 g/mol. The molecular formula is C19H24N2O2S. The van der Waals surface area contributed by atoms with Crippen molar-refractivity contribution in [1.29, 1.82) is 0 Å². The summed E-state index contributed by atoms with van der Waals surface area (Å²) in [6.07, 6.45) is 0.433. The molecule has 0 aliphatic rings. The van der Waals surface area contributed by atoms with Gasteiger partial charge in [-0.1, -0.05) is 18.2 Å². The van der Waals surface area contributed by atoms with Crippen LogP contribution in [0, 0.1) is 13.8 Å². The van der Waals surface area contributed by atoms with E-state index in [0.717, 1.165) is 33.1 Å². The van der Waals surface area contributed by atoms with Gasteiger partial charge in [-0.3, -0.25) is 9.59 Å². The molecule has 24 heavy (non-hydrogen) atoms. The highest BCUT2D eigenvalue weighted by atomic mass is 32.1. The average molecular weight is 344 g/mol. The fraction of sp³-hybridized carbons (Fsp3) is 0.368. The number of Topliss-reactive ketones (excluding diaryl/α,β-unsaturated/α-hetero) is 1. The zero-order valence-electron chi connectivity index (χ0n) is 14.7. The molecule has 1 heterocycles. The Balaban J connectivity index is 1.94. The largest absolute Gasteiger partial charge is 0.326 e. The molecule has 4 nitrogen and oxygen atoms in total. The number of benzene rings is 1. The smallest absolute Gasteiger partial charge is 0.224 e. The third-order valence-electron chi connectivity index (χ3n) is 3.70. The van der Waals surface area contributed by atoms with Crippen LogP contribution in [0.5, 0.6) is 0 Å². The van der Waals surface area contributed by atoms with Crippen molar-refractivity contribution in [2.24, 2.45) is 0 Å². The van der Waals surface area contributed by atoms with Gasteiger partial charge in [-0.25, -0.2) is 0 Å². The van der Waals surface area contributed by atoms with E-state index in [1.54, 1.807) is 11.3 Å². The zero-order chi connectivity index (χ0) is 17.7. The van der Waals surface area contributed by atoms with Crippen molar-refractivity contribution in [2.75, 3.05) is 19.4 Å². The van der Waals surface area contributed by atoms with Gasteiger partial charge in [0.15, 0.2) is 5.78 Å². The molecule has 0 spiro atoms. The summed E-state index contributed by atoms with van der Waals surface area (Å²) >= 11 is 1.62. The van der Waals surface area contributed by atoms with Crippen LogP contribution in [-0.4, -0.2) is 30.7 Å². The lowest BCUT2D eigenvalue weighted by molar-refractivity contribution is -0.116. The molecule has 1 aromatic heterocycles. The Kier molecular flexibility index (Phi) is 6.29. The summed E-state index contributed by atoms with van der Waals surface area (Å²) in [5.74, 6) is -0.0901. The van der Waals surface area contributed by atoms with Crippen LogP contribution in [-0.2, 0) is 11.3 Å². The summed E-state index contributed by atoms with van der Waals surface area (Å²) in [6, 6.07) is 9.66. The van der Waals surface area contributed by atoms with E-state index in [-0.39, 0.29) is 24.5 Å². The number of hydrogen-bond donors (Lipinski definition) is 1. The Hall–Kier alpha value is -1.98. The van der Waals surface area contributed by atoms with Crippen LogP contribution >= 0.6 is 11.3 Å². The molecule has 0 atom stereocenters. The van der Waals surface area contributed by atoms with Gasteiger partial charge in [0, 0.05) is 40.4 Å². The summed E-state index contributed by atoms with van der Waals surface area (Å²) in [5, 5.41) is 2.93. The number of carbonyl (C=O) groups excluding carboxylic acids is 2. The molecule has 1 N–H and O–H groups in total. The number of anilines is 1. The molecule has 0 aliphatic heterocycles. The van der Waals surface area contributed by atoms with Crippen LogP contribution in [0.3, 0.4) is 0 Å². The maximum atomic E-state index is 12.3. The van der Waals surface area contributed by atoms with Crippen LogP contribution in [0.1, 0.15) is 38.5 Å². The van der Waals surface area contributed by atoms with Gasteiger partial charge >= 0.3 is 0 Å². The molecule has 0 saturated carbocycles. The molecule has 128 valence electrons. The van der Waals surface area contributed by atoms with Crippen molar-refractivity contribution in [3.63, 3.8) is 0 Å². The molecular weight excluding hydrogens is 320 g/mol. The third-order valence-corrected chi connectivity index (χ3v) is 4.66. The van der Waals surface area contributed by atoms with E-state index in [4.69, 9.17) is 0 Å². The first-order valence-corrected chi connectivity index (χ1v) is 8.81. The quantitative estimate of drug-likeness (QED) is 0.772. The highest BCUT2D eigenvalue weighted by Crippen LogP contribution is 2.22. The maximum Gasteiger partial charge on any atom is 0.224 e. The Labute approximate surface area is 147 Å². The number of para-hydroxylation sites is 1. The maximum absolute atomic E-state index is 12.3. The van der Waals surface area contributed by atoms with Gasteiger partial charge in [0.1, 0.15) is 0 Å². The molecule has 0 radical (unpaired) electrons. The van der Waals surface area contributed by atoms with Crippen LogP contribution < -0.4 is 5.32 Å². The van der Waals surface area contributed by atoms with Crippen LogP contribution in [0.2, 0.25) is 0 Å². The molecule has 1 aromatic carbocycles. The van der Waals surface area contributed by atoms with Gasteiger partial charge in [0.25, 0.3) is 0 Å². The normalized spacial score (nSPS) is 10.9. The molecule has 0 saturated heterocycles. The van der Waals surface area contributed by atoms with E-state index in [0.29, 0.717) is 0 Å². The van der Waals surface area contributed by atoms with E-state index < -0.39 is 0 Å². The summed E-state index contributed by atoms with van der Waals surface area (Å²) in [7, 11) is 3.98. The number of rotatable bonds is 7. The van der Waals surface area contributed by atoms with Crippen molar-refractivity contribution < 1.29 is 9.59 Å². The Morgan fingerprint density at radius 2 is 1.83 bits per heavy atom. The molecule has 0 fully saturated rings. The van der Waals surface area contributed by atoms with Crippen molar-refractivity contribution in [1.82, 2.24) is 4.90 Å². The molecule has 2 aromatic rings. The van der Waals surface area contributed by atoms with Crippen molar-refractivity contribution in [3.05, 3.63) is 51.2 Å². The topological polar surface area (TPSA) is 49.4 Å². The lowest BCUT2D eigenvalue weighted by Gasteiger charge is -2.14. The van der Waals surface area contributed by atoms with Gasteiger partial charge in [0.05, 0.1) is 0 Å². The minimum atomic E-state index is -0.126. The summed E-state index contributed by atoms with van der Waals surface area (Å²) < 4.78 is 0. The fourth-order valence-electron chi connectivity index (χ4n) is 2.60. The first-order valence-electron chi connectivity index (χ1n) is 7.99. The Morgan fingerprint density at radius 3 is 2.46 bits per heavy atom. The van der Waals surface area contributed by atoms with Gasteiger partial charge in [-0.2, -0.15) is 0 Å². The van der Waals surface area contributed by atoms with Gasteiger partial charge < -0.3 is 10.2 Å². The first kappa shape index (κ1) is 18.4. The van der Waals surface area contributed by atoms with Crippen LogP contribution in [0.15, 0.2) is 30.3 Å². The molecule has 2 rings (SSSR count). The number of carbonyl (C=O) groups is 2. The Bertz CT molecular complexity index is 735. The van der Waals surface area contributed by atoms with E-state index in [2.05, 4.69) is 10.2 Å². The number of amides is 1. The molecule has 5 heteroatoms. The number of aryl methyl sites for hydroxylation is 2. The van der Waals surface area contributed by atoms with E-state index in [1.807, 2.05) is 58.3 Å². The number of ketones is 1. The summed E-state index contributed by atoms with van der Waals surface area (Å²) in [6.45, 7) is 4.69. The van der Waals surface area contributed by atoms with Crippen molar-refractivity contribution >= 4 is 28.7 Å². The van der Waals surface area contributed by atoms with Gasteiger partial charge in [-0.05, 0) is 45.6 Å². The lowest BCUT2D eigenvalue weighted by Crippen LogP contribution is -2.17. The standard InChI is InChI=1S/C19H24N2O2S/c1-13-11-16(14(2)24-13)18(22)9-10-19(23)20-17-8-6-5-7-15(17)12-21(3)4/h5-8,11H,9-10,12H2,1-4H3,(H,20,23). The van der Waals surface area contributed by atoms with Crippen LogP contribution in [0.4, 0.5) is 5.69 Å². The molecule has 1 amide bonds. The number of nitrogens with zero attached hydrogens (tertiary/aromatic N) is 1. The molecule has 0 unspecified atom stereocenters. The number of hydrogen-bond acceptors (Lipinski definition) is 4. The van der Waals surface area contributed by atoms with Crippen LogP contribution in [0.25, 0.3) is 0 Å². The first-order chi connectivity index (χ1) is 11.4. The van der Waals surface area contributed by atoms with Crippen molar-refractivity contribution in [3.8, 4) is 0 Å². The second-order valence-corrected chi connectivity index (χ2v) is 7.65. The molecule has 0 bridgehead atoms. The second-order valence-electron chi connectivity index (χ2n) is 6.19. The number of nitrogens with one attached hydrogen (secondary N) is 1. The predicted octanol–water partition coefficient (Wildman–Crippen LogP) is 4.03. The average Bonchev–Trinajstić information content (AvgIpc) is 2.85. The van der Waals surface area contributed by atoms with Crippen molar-refractivity contribution in [2.45, 2.75) is 33.2 Å². The highest BCUT2D eigenvalue weighted by Gasteiger charge is 2.14.